The topological polar surface area (TPSA) is 97.8 Å². The van der Waals surface area contributed by atoms with E-state index in [-0.39, 0.29) is 29.7 Å². The third kappa shape index (κ3) is 4.35. The van der Waals surface area contributed by atoms with E-state index < -0.39 is 5.79 Å². The van der Waals surface area contributed by atoms with E-state index in [1.807, 2.05) is 16.8 Å². The molecule has 2 saturated carbocycles. The lowest BCUT2D eigenvalue weighted by Crippen LogP contribution is -2.43. The second-order valence-corrected chi connectivity index (χ2v) is 9.62. The number of hydrogen-bond acceptors (Lipinski definition) is 8. The summed E-state index contributed by atoms with van der Waals surface area (Å²) in [6, 6.07) is 3.52. The van der Waals surface area contributed by atoms with Crippen LogP contribution in [-0.2, 0) is 18.9 Å². The van der Waals surface area contributed by atoms with E-state index in [4.69, 9.17) is 23.7 Å². The van der Waals surface area contributed by atoms with Crippen molar-refractivity contribution in [2.45, 2.75) is 81.3 Å². The van der Waals surface area contributed by atoms with Crippen molar-refractivity contribution in [1.82, 2.24) is 14.5 Å². The fourth-order valence-corrected chi connectivity index (χ4v) is 5.60. The summed E-state index contributed by atoms with van der Waals surface area (Å²) in [6.07, 6.45) is 13.3. The van der Waals surface area contributed by atoms with Gasteiger partial charge < -0.3 is 23.7 Å². The Hall–Kier alpha value is -2.40. The molecule has 2 spiro atoms. The third-order valence-electron chi connectivity index (χ3n) is 7.53. The van der Waals surface area contributed by atoms with Gasteiger partial charge >= 0.3 is 5.88 Å². The molecule has 2 aromatic heterocycles. The zero-order chi connectivity index (χ0) is 23.0. The molecule has 2 aliphatic carbocycles. The fourth-order valence-electron chi connectivity index (χ4n) is 5.60. The summed E-state index contributed by atoms with van der Waals surface area (Å²) in [5, 5.41) is 0. The zero-order valence-corrected chi connectivity index (χ0v) is 19.2. The summed E-state index contributed by atoms with van der Waals surface area (Å²) in [7, 11) is 0. The maximum absolute atomic E-state index is 12.1. The molecule has 0 N–H and O–H groups in total. The summed E-state index contributed by atoms with van der Waals surface area (Å²) in [6.45, 7) is 1.84. The third-order valence-corrected chi connectivity index (χ3v) is 7.53. The van der Waals surface area contributed by atoms with Crippen LogP contribution in [0.3, 0.4) is 0 Å². The van der Waals surface area contributed by atoms with E-state index in [2.05, 4.69) is 9.97 Å². The molecule has 34 heavy (non-hydrogen) atoms. The summed E-state index contributed by atoms with van der Waals surface area (Å²) in [4.78, 5) is 20.7. The van der Waals surface area contributed by atoms with Gasteiger partial charge in [-0.2, -0.15) is 0 Å². The number of rotatable bonds is 4. The largest absolute Gasteiger partial charge is 0.456 e. The molecule has 4 heterocycles. The minimum absolute atomic E-state index is 0.0149. The first-order valence-electron chi connectivity index (χ1n) is 12.3. The van der Waals surface area contributed by atoms with Crippen LogP contribution in [0.25, 0.3) is 0 Å². The van der Waals surface area contributed by atoms with Crippen LogP contribution in [0.15, 0.2) is 42.0 Å². The van der Waals surface area contributed by atoms with Crippen LogP contribution in [0.1, 0.15) is 63.6 Å². The van der Waals surface area contributed by atoms with Gasteiger partial charge in [-0.05, 0) is 30.7 Å². The lowest BCUT2D eigenvalue weighted by atomic mass is 9.90. The van der Waals surface area contributed by atoms with Crippen molar-refractivity contribution >= 4 is 0 Å². The average Bonchev–Trinajstić information content (AvgIpc) is 3.50. The van der Waals surface area contributed by atoms with Gasteiger partial charge in [0.25, 0.3) is 11.9 Å². The first kappa shape index (κ1) is 22.1. The lowest BCUT2D eigenvalue weighted by molar-refractivity contribution is -0.761. The molecule has 6 rings (SSSR count). The van der Waals surface area contributed by atoms with Crippen molar-refractivity contribution in [3.05, 3.63) is 47.5 Å². The van der Waals surface area contributed by atoms with Crippen LogP contribution in [0, 0.1) is 0 Å². The normalized spacial score (nSPS) is 28.5. The summed E-state index contributed by atoms with van der Waals surface area (Å²) >= 11 is 0. The van der Waals surface area contributed by atoms with Gasteiger partial charge in [0.2, 0.25) is 6.23 Å². The Morgan fingerprint density at radius 2 is 1.76 bits per heavy atom. The Balaban J connectivity index is 1.02. The number of nitrogens with zero attached hydrogens (tertiary/aromatic N) is 4. The second kappa shape index (κ2) is 8.99. The molecule has 1 unspecified atom stereocenters. The van der Waals surface area contributed by atoms with Crippen LogP contribution >= 0.6 is 0 Å². The van der Waals surface area contributed by atoms with E-state index in [0.29, 0.717) is 25.7 Å². The van der Waals surface area contributed by atoms with Gasteiger partial charge in [0.05, 0.1) is 25.6 Å². The van der Waals surface area contributed by atoms with Gasteiger partial charge in [-0.15, -0.1) is 0 Å². The molecule has 0 bridgehead atoms. The highest BCUT2D eigenvalue weighted by Crippen LogP contribution is 2.42. The molecule has 0 aromatic carbocycles. The van der Waals surface area contributed by atoms with Crippen molar-refractivity contribution in [1.29, 1.82) is 0 Å². The molecular formula is C24H31N4O6+. The van der Waals surface area contributed by atoms with Crippen molar-refractivity contribution < 1.29 is 28.3 Å². The first-order valence-corrected chi connectivity index (χ1v) is 12.3. The molecule has 2 aliphatic heterocycles. The highest BCUT2D eigenvalue weighted by atomic mass is 16.8. The van der Waals surface area contributed by atoms with Gasteiger partial charge in [-0.3, -0.25) is 9.36 Å². The molecule has 2 aromatic rings. The van der Waals surface area contributed by atoms with Crippen molar-refractivity contribution in [2.24, 2.45) is 0 Å². The maximum atomic E-state index is 12.1. The quantitative estimate of drug-likeness (QED) is 0.625. The summed E-state index contributed by atoms with van der Waals surface area (Å²) < 4.78 is 33.8. The Labute approximate surface area is 197 Å². The van der Waals surface area contributed by atoms with Crippen molar-refractivity contribution in [3.8, 4) is 5.88 Å². The standard InChI is InChI=1S/C24H31N4O6/c29-21-5-11-25-16-28(21)18-1-7-24(8-2-18)32-15-22(34-24)27-12-6-20(26-17-27)33-19-3-9-23(10-4-19)30-13-14-31-23/h5-6,11-12,16-19,22H,1-4,7-10,13-15H2/q+1. The van der Waals surface area contributed by atoms with Gasteiger partial charge in [-0.25, -0.2) is 9.55 Å². The van der Waals surface area contributed by atoms with Gasteiger partial charge in [0, 0.05) is 44.0 Å². The fraction of sp³-hybridized carbons (Fsp3) is 0.667. The van der Waals surface area contributed by atoms with E-state index in [1.165, 1.54) is 12.3 Å². The Bertz CT molecular complexity index is 1040. The molecule has 4 fully saturated rings. The SMILES string of the molecule is O=c1ccncn1C1CCC2(CC1)OCC([n+]1ccc(OC3CCC4(CC3)OCCO4)nc1)O2. The highest BCUT2D eigenvalue weighted by molar-refractivity contribution is 5.04. The Morgan fingerprint density at radius 3 is 2.47 bits per heavy atom. The molecule has 0 amide bonds. The number of hydrogen-bond donors (Lipinski definition) is 0. The molecule has 10 heteroatoms. The van der Waals surface area contributed by atoms with E-state index in [0.717, 1.165) is 51.4 Å². The summed E-state index contributed by atoms with van der Waals surface area (Å²) in [5.74, 6) is -0.366. The smallest absolute Gasteiger partial charge is 0.331 e. The lowest BCUT2D eigenvalue weighted by Gasteiger charge is -2.35. The number of ether oxygens (including phenoxy) is 5. The highest BCUT2D eigenvalue weighted by Gasteiger charge is 2.47. The molecular weight excluding hydrogens is 440 g/mol. The van der Waals surface area contributed by atoms with E-state index >= 15 is 0 Å². The molecule has 4 aliphatic rings. The first-order chi connectivity index (χ1) is 16.6. The Morgan fingerprint density at radius 1 is 1.00 bits per heavy atom. The van der Waals surface area contributed by atoms with Crippen LogP contribution in [0.2, 0.25) is 0 Å². The molecule has 1 atom stereocenters. The predicted molar refractivity (Wildman–Crippen MR) is 117 cm³/mol. The minimum Gasteiger partial charge on any atom is -0.456 e. The zero-order valence-electron chi connectivity index (χ0n) is 19.2. The van der Waals surface area contributed by atoms with Crippen LogP contribution < -0.4 is 14.9 Å². The van der Waals surface area contributed by atoms with E-state index in [9.17, 15) is 4.79 Å². The van der Waals surface area contributed by atoms with Gasteiger partial charge in [0.15, 0.2) is 11.6 Å². The second-order valence-electron chi connectivity index (χ2n) is 9.62. The van der Waals surface area contributed by atoms with Crippen molar-refractivity contribution in [2.75, 3.05) is 19.8 Å². The summed E-state index contributed by atoms with van der Waals surface area (Å²) in [5.41, 5.74) is -0.0149. The minimum atomic E-state index is -0.600. The van der Waals surface area contributed by atoms with Gasteiger partial charge in [-0.1, -0.05) is 0 Å². The Kier molecular flexibility index (Phi) is 5.84. The van der Waals surface area contributed by atoms with Crippen LogP contribution in [0.5, 0.6) is 5.88 Å². The van der Waals surface area contributed by atoms with E-state index in [1.54, 1.807) is 17.2 Å². The number of aromatic nitrogens is 4. The predicted octanol–water partition coefficient (Wildman–Crippen LogP) is 2.05. The maximum Gasteiger partial charge on any atom is 0.331 e. The monoisotopic (exact) mass is 471 g/mol. The van der Waals surface area contributed by atoms with Crippen molar-refractivity contribution in [3.63, 3.8) is 0 Å². The molecule has 182 valence electrons. The average molecular weight is 472 g/mol. The van der Waals surface area contributed by atoms with Crippen LogP contribution in [-0.4, -0.2) is 52.0 Å². The molecule has 10 nitrogen and oxygen atoms in total. The molecule has 2 saturated heterocycles. The molecule has 0 radical (unpaired) electrons. The van der Waals surface area contributed by atoms with Crippen LogP contribution in [0.4, 0.5) is 0 Å². The van der Waals surface area contributed by atoms with Gasteiger partial charge in [0.1, 0.15) is 18.9 Å².